The van der Waals surface area contributed by atoms with Crippen LogP contribution in [-0.4, -0.2) is 22.6 Å². The number of para-hydroxylation sites is 2. The average Bonchev–Trinajstić information content (AvgIpc) is 2.72. The Labute approximate surface area is 107 Å². The number of methoxy groups -OCH3 is 1. The molecular formula is C14H18N2O2. The molecular weight excluding hydrogens is 228 g/mol. The lowest BCUT2D eigenvalue weighted by atomic mass is 10.0. The Kier molecular flexibility index (Phi) is 3.65. The molecule has 0 aliphatic heterocycles. The standard InChI is InChI=1S/C14H18N2O2/c1-4-10(14(17)18-3)9-13-15-11-7-5-6-8-12(11)16(13)2/h5-8,10H,4,9H2,1-3H3. The number of fused-ring (bicyclic) bond motifs is 1. The van der Waals surface area contributed by atoms with E-state index in [1.54, 1.807) is 0 Å². The molecule has 2 rings (SSSR count). The second-order valence-electron chi connectivity index (χ2n) is 4.41. The molecule has 0 radical (unpaired) electrons. The van der Waals surface area contributed by atoms with Gasteiger partial charge in [0.2, 0.25) is 0 Å². The van der Waals surface area contributed by atoms with Gasteiger partial charge >= 0.3 is 5.97 Å². The van der Waals surface area contributed by atoms with Gasteiger partial charge in [-0.3, -0.25) is 4.79 Å². The van der Waals surface area contributed by atoms with Gasteiger partial charge in [-0.15, -0.1) is 0 Å². The first kappa shape index (κ1) is 12.6. The number of aryl methyl sites for hydroxylation is 1. The molecule has 0 bridgehead atoms. The predicted octanol–water partition coefficient (Wildman–Crippen LogP) is 2.32. The minimum Gasteiger partial charge on any atom is -0.469 e. The highest BCUT2D eigenvalue weighted by atomic mass is 16.5. The van der Waals surface area contributed by atoms with E-state index in [0.717, 1.165) is 23.3 Å². The van der Waals surface area contributed by atoms with E-state index in [1.807, 2.05) is 42.8 Å². The van der Waals surface area contributed by atoms with Crippen molar-refractivity contribution in [1.29, 1.82) is 0 Å². The molecule has 4 heteroatoms. The Morgan fingerprint density at radius 1 is 1.44 bits per heavy atom. The van der Waals surface area contributed by atoms with E-state index >= 15 is 0 Å². The van der Waals surface area contributed by atoms with E-state index in [2.05, 4.69) is 4.98 Å². The Morgan fingerprint density at radius 2 is 2.17 bits per heavy atom. The van der Waals surface area contributed by atoms with Gasteiger partial charge in [0.05, 0.1) is 24.1 Å². The van der Waals surface area contributed by atoms with Crippen LogP contribution in [0.25, 0.3) is 11.0 Å². The van der Waals surface area contributed by atoms with Crippen molar-refractivity contribution in [3.8, 4) is 0 Å². The zero-order valence-electron chi connectivity index (χ0n) is 11.0. The first-order valence-corrected chi connectivity index (χ1v) is 6.15. The monoisotopic (exact) mass is 246 g/mol. The lowest BCUT2D eigenvalue weighted by molar-refractivity contribution is -0.145. The summed E-state index contributed by atoms with van der Waals surface area (Å²) in [6.07, 6.45) is 1.38. The van der Waals surface area contributed by atoms with Gasteiger partial charge in [-0.2, -0.15) is 0 Å². The molecule has 0 aliphatic rings. The van der Waals surface area contributed by atoms with E-state index in [-0.39, 0.29) is 11.9 Å². The molecule has 0 N–H and O–H groups in total. The molecule has 1 aromatic carbocycles. The molecule has 0 saturated heterocycles. The molecule has 0 spiro atoms. The van der Waals surface area contributed by atoms with Crippen molar-refractivity contribution in [2.45, 2.75) is 19.8 Å². The maximum Gasteiger partial charge on any atom is 0.309 e. The predicted molar refractivity (Wildman–Crippen MR) is 70.2 cm³/mol. The summed E-state index contributed by atoms with van der Waals surface area (Å²) in [6.45, 7) is 1.99. The fourth-order valence-corrected chi connectivity index (χ4v) is 2.16. The fourth-order valence-electron chi connectivity index (χ4n) is 2.16. The molecule has 1 atom stereocenters. The van der Waals surface area contributed by atoms with Crippen molar-refractivity contribution in [3.63, 3.8) is 0 Å². The molecule has 2 aromatic rings. The summed E-state index contributed by atoms with van der Waals surface area (Å²) in [6, 6.07) is 7.98. The molecule has 1 unspecified atom stereocenters. The van der Waals surface area contributed by atoms with Crippen LogP contribution in [0.4, 0.5) is 0 Å². The fraction of sp³-hybridized carbons (Fsp3) is 0.429. The summed E-state index contributed by atoms with van der Waals surface area (Å²) in [4.78, 5) is 16.2. The van der Waals surface area contributed by atoms with Crippen LogP contribution in [0.5, 0.6) is 0 Å². The third kappa shape index (κ3) is 2.23. The number of rotatable bonds is 4. The number of ether oxygens (including phenoxy) is 1. The number of benzene rings is 1. The molecule has 0 amide bonds. The van der Waals surface area contributed by atoms with Crippen molar-refractivity contribution in [2.75, 3.05) is 7.11 Å². The van der Waals surface area contributed by atoms with Crippen LogP contribution >= 0.6 is 0 Å². The van der Waals surface area contributed by atoms with Gasteiger partial charge in [-0.1, -0.05) is 19.1 Å². The topological polar surface area (TPSA) is 44.1 Å². The molecule has 1 aromatic heterocycles. The smallest absolute Gasteiger partial charge is 0.309 e. The zero-order valence-corrected chi connectivity index (χ0v) is 11.0. The van der Waals surface area contributed by atoms with Crippen LogP contribution in [0.2, 0.25) is 0 Å². The SMILES string of the molecule is CCC(Cc1nc2ccccc2n1C)C(=O)OC. The highest BCUT2D eigenvalue weighted by molar-refractivity contribution is 5.76. The summed E-state index contributed by atoms with van der Waals surface area (Å²) in [7, 11) is 3.41. The molecule has 0 aliphatic carbocycles. The van der Waals surface area contributed by atoms with Crippen molar-refractivity contribution in [1.82, 2.24) is 9.55 Å². The number of hydrogen-bond donors (Lipinski definition) is 0. The molecule has 18 heavy (non-hydrogen) atoms. The second-order valence-corrected chi connectivity index (χ2v) is 4.41. The Hall–Kier alpha value is -1.84. The van der Waals surface area contributed by atoms with Crippen molar-refractivity contribution >= 4 is 17.0 Å². The first-order valence-electron chi connectivity index (χ1n) is 6.15. The molecule has 4 nitrogen and oxygen atoms in total. The minimum absolute atomic E-state index is 0.120. The second kappa shape index (κ2) is 5.21. The van der Waals surface area contributed by atoms with Crippen LogP contribution in [0.3, 0.4) is 0 Å². The summed E-state index contributed by atoms with van der Waals surface area (Å²) in [5.41, 5.74) is 2.06. The molecule has 0 fully saturated rings. The molecule has 96 valence electrons. The zero-order chi connectivity index (χ0) is 13.1. The third-order valence-electron chi connectivity index (χ3n) is 3.34. The lowest BCUT2D eigenvalue weighted by Crippen LogP contribution is -2.19. The Balaban J connectivity index is 2.31. The maximum atomic E-state index is 11.6. The highest BCUT2D eigenvalue weighted by Crippen LogP contribution is 2.18. The summed E-state index contributed by atoms with van der Waals surface area (Å²) in [5, 5.41) is 0. The van der Waals surface area contributed by atoms with Crippen LogP contribution in [-0.2, 0) is 23.0 Å². The average molecular weight is 246 g/mol. The van der Waals surface area contributed by atoms with Crippen molar-refractivity contribution in [2.24, 2.45) is 13.0 Å². The number of hydrogen-bond acceptors (Lipinski definition) is 3. The number of nitrogens with zero attached hydrogens (tertiary/aromatic N) is 2. The number of esters is 1. The summed E-state index contributed by atoms with van der Waals surface area (Å²) < 4.78 is 6.86. The van der Waals surface area contributed by atoms with E-state index in [1.165, 1.54) is 7.11 Å². The van der Waals surface area contributed by atoms with E-state index < -0.39 is 0 Å². The maximum absolute atomic E-state index is 11.6. The van der Waals surface area contributed by atoms with Gasteiger partial charge in [-0.05, 0) is 18.6 Å². The normalized spacial score (nSPS) is 12.6. The van der Waals surface area contributed by atoms with Crippen molar-refractivity contribution < 1.29 is 9.53 Å². The van der Waals surface area contributed by atoms with Gasteiger partial charge in [0, 0.05) is 13.5 Å². The van der Waals surface area contributed by atoms with Gasteiger partial charge in [0.25, 0.3) is 0 Å². The minimum atomic E-state index is -0.162. The first-order chi connectivity index (χ1) is 8.67. The number of carbonyl (C=O) groups is 1. The lowest BCUT2D eigenvalue weighted by Gasteiger charge is -2.11. The van der Waals surface area contributed by atoms with E-state index in [9.17, 15) is 4.79 Å². The number of imidazole rings is 1. The number of carbonyl (C=O) groups excluding carboxylic acids is 1. The van der Waals surface area contributed by atoms with Gasteiger partial charge in [-0.25, -0.2) is 4.98 Å². The summed E-state index contributed by atoms with van der Waals surface area (Å²) in [5.74, 6) is 0.642. The van der Waals surface area contributed by atoms with Crippen molar-refractivity contribution in [3.05, 3.63) is 30.1 Å². The number of aromatic nitrogens is 2. The van der Waals surface area contributed by atoms with Gasteiger partial charge < -0.3 is 9.30 Å². The van der Waals surface area contributed by atoms with Crippen LogP contribution in [0.15, 0.2) is 24.3 Å². The van der Waals surface area contributed by atoms with Gasteiger partial charge in [0.1, 0.15) is 5.82 Å². The Morgan fingerprint density at radius 3 is 2.78 bits per heavy atom. The summed E-state index contributed by atoms with van der Waals surface area (Å²) >= 11 is 0. The van der Waals surface area contributed by atoms with Gasteiger partial charge in [0.15, 0.2) is 0 Å². The van der Waals surface area contributed by atoms with Crippen LogP contribution in [0, 0.1) is 5.92 Å². The van der Waals surface area contributed by atoms with E-state index in [0.29, 0.717) is 6.42 Å². The molecule has 1 heterocycles. The molecule has 0 saturated carbocycles. The van der Waals surface area contributed by atoms with E-state index in [4.69, 9.17) is 4.74 Å². The largest absolute Gasteiger partial charge is 0.469 e. The quantitative estimate of drug-likeness (QED) is 0.778. The van der Waals surface area contributed by atoms with Crippen LogP contribution in [0.1, 0.15) is 19.2 Å². The highest BCUT2D eigenvalue weighted by Gasteiger charge is 2.20. The van der Waals surface area contributed by atoms with Crippen LogP contribution < -0.4 is 0 Å². The Bertz CT molecular complexity index is 560. The third-order valence-corrected chi connectivity index (χ3v) is 3.34.